The zero-order valence-corrected chi connectivity index (χ0v) is 26.1. The molecule has 0 bridgehead atoms. The molecule has 2 aromatic heterocycles. The summed E-state index contributed by atoms with van der Waals surface area (Å²) in [6, 6.07) is 11.9. The number of fused-ring (bicyclic) bond motifs is 1. The van der Waals surface area contributed by atoms with Gasteiger partial charge in [0.05, 0.1) is 40.3 Å². The second-order valence-corrected chi connectivity index (χ2v) is 12.6. The molecule has 1 saturated carbocycles. The molecule has 1 aliphatic rings. The molecule has 9 nitrogen and oxygen atoms in total. The number of amidine groups is 1. The fraction of sp³-hybridized carbons (Fsp3) is 0.364. The molecular formula is C33H38ClFN6O3. The lowest BCUT2D eigenvalue weighted by atomic mass is 9.91. The summed E-state index contributed by atoms with van der Waals surface area (Å²) < 4.78 is 21.2. The van der Waals surface area contributed by atoms with Gasteiger partial charge in [0, 0.05) is 29.9 Å². The fourth-order valence-electron chi connectivity index (χ4n) is 5.45. The average molecular weight is 621 g/mol. The van der Waals surface area contributed by atoms with Crippen molar-refractivity contribution < 1.29 is 19.0 Å². The van der Waals surface area contributed by atoms with Gasteiger partial charge in [-0.2, -0.15) is 5.10 Å². The van der Waals surface area contributed by atoms with Gasteiger partial charge in [0.1, 0.15) is 17.3 Å². The van der Waals surface area contributed by atoms with Gasteiger partial charge in [-0.25, -0.2) is 18.7 Å². The highest BCUT2D eigenvalue weighted by atomic mass is 35.5. The first-order chi connectivity index (χ1) is 20.9. The Morgan fingerprint density at radius 1 is 1.16 bits per heavy atom. The number of halogens is 2. The predicted molar refractivity (Wildman–Crippen MR) is 172 cm³/mol. The standard InChI is InChI=1S/C33H38ClFN6O3/c1-19-5-6-20(18-42)13-25(19)21-14-29-30(38-23-8-10-24(11-9-23)39-32(43)44-33(2,3)4)26(16-37-41(29)17-21)31(36)40-28-15-22(35)7-12-27(28)34/h5-7,12-17,23-24,38,42H,8-11,18H2,1-4H3,(H2,36,40)(H,39,43). The van der Waals surface area contributed by atoms with Gasteiger partial charge in [0.25, 0.3) is 0 Å². The Labute approximate surface area is 261 Å². The van der Waals surface area contributed by atoms with E-state index in [4.69, 9.17) is 22.1 Å². The lowest BCUT2D eigenvalue weighted by Crippen LogP contribution is -2.42. The van der Waals surface area contributed by atoms with E-state index in [1.165, 1.54) is 18.2 Å². The number of rotatable bonds is 7. The van der Waals surface area contributed by atoms with Crippen molar-refractivity contribution in [2.75, 3.05) is 5.32 Å². The van der Waals surface area contributed by atoms with Crippen LogP contribution in [0.25, 0.3) is 16.6 Å². The Balaban J connectivity index is 1.48. The maximum Gasteiger partial charge on any atom is 0.407 e. The Bertz CT molecular complexity index is 1710. The molecule has 1 aliphatic carbocycles. The quantitative estimate of drug-likeness (QED) is 0.132. The monoisotopic (exact) mass is 620 g/mol. The highest BCUT2D eigenvalue weighted by Gasteiger charge is 2.26. The molecule has 0 radical (unpaired) electrons. The zero-order chi connectivity index (χ0) is 31.6. The SMILES string of the molecule is Cc1ccc(CO)cc1-c1cc2c(NC3CCC(NC(=O)OC(C)(C)C)CC3)c(C(N)=Nc3cc(F)ccc3Cl)cnn2c1. The summed E-state index contributed by atoms with van der Waals surface area (Å²) in [6.07, 6.45) is 6.31. The number of carbonyl (C=O) groups excluding carboxylic acids is 1. The number of aliphatic hydroxyl groups excluding tert-OH is 1. The van der Waals surface area contributed by atoms with Crippen molar-refractivity contribution in [3.8, 4) is 11.1 Å². The first kappa shape index (κ1) is 31.3. The van der Waals surface area contributed by atoms with Gasteiger partial charge < -0.3 is 26.2 Å². The summed E-state index contributed by atoms with van der Waals surface area (Å²) in [5.41, 5.74) is 12.1. The van der Waals surface area contributed by atoms with Crippen LogP contribution in [-0.4, -0.2) is 44.3 Å². The van der Waals surface area contributed by atoms with E-state index in [2.05, 4.69) is 20.7 Å². The number of aliphatic hydroxyl groups is 1. The fourth-order valence-corrected chi connectivity index (χ4v) is 5.61. The summed E-state index contributed by atoms with van der Waals surface area (Å²) in [6.45, 7) is 7.49. The van der Waals surface area contributed by atoms with Crippen LogP contribution in [0.15, 0.2) is 59.9 Å². The van der Waals surface area contributed by atoms with E-state index in [0.717, 1.165) is 59.1 Å². The van der Waals surface area contributed by atoms with Crippen LogP contribution in [0.1, 0.15) is 63.1 Å². The van der Waals surface area contributed by atoms with Crippen LogP contribution < -0.4 is 16.4 Å². The topological polar surface area (TPSA) is 126 Å². The minimum atomic E-state index is -0.558. The van der Waals surface area contributed by atoms with Crippen molar-refractivity contribution in [1.29, 1.82) is 0 Å². The molecule has 232 valence electrons. The number of nitrogens with two attached hydrogens (primary N) is 1. The number of amides is 1. The molecule has 0 aliphatic heterocycles. The smallest absolute Gasteiger partial charge is 0.407 e. The molecule has 1 fully saturated rings. The van der Waals surface area contributed by atoms with Crippen molar-refractivity contribution in [2.24, 2.45) is 10.7 Å². The number of aliphatic imine (C=N–C) groups is 1. The summed E-state index contributed by atoms with van der Waals surface area (Å²) in [4.78, 5) is 16.8. The third kappa shape index (κ3) is 7.31. The molecule has 5 rings (SSSR count). The first-order valence-corrected chi connectivity index (χ1v) is 15.1. The zero-order valence-electron chi connectivity index (χ0n) is 25.3. The minimum absolute atomic E-state index is 0.0169. The number of alkyl carbamates (subject to hydrolysis) is 1. The minimum Gasteiger partial charge on any atom is -0.444 e. The van der Waals surface area contributed by atoms with E-state index in [1.54, 1.807) is 10.7 Å². The summed E-state index contributed by atoms with van der Waals surface area (Å²) in [5.74, 6) is -0.335. The number of aryl methyl sites for hydroxylation is 1. The number of nitrogens with zero attached hydrogens (tertiary/aromatic N) is 3. The number of benzene rings is 2. The Morgan fingerprint density at radius 3 is 2.59 bits per heavy atom. The molecule has 0 atom stereocenters. The maximum absolute atomic E-state index is 14.0. The lowest BCUT2D eigenvalue weighted by molar-refractivity contribution is 0.0492. The Hall–Kier alpha value is -4.15. The molecular weight excluding hydrogens is 583 g/mol. The van der Waals surface area contributed by atoms with Gasteiger partial charge >= 0.3 is 6.09 Å². The van der Waals surface area contributed by atoms with E-state index in [0.29, 0.717) is 5.56 Å². The molecule has 0 spiro atoms. The average Bonchev–Trinajstić information content (AvgIpc) is 3.40. The van der Waals surface area contributed by atoms with Crippen LogP contribution in [0.2, 0.25) is 5.02 Å². The molecule has 5 N–H and O–H groups in total. The molecule has 1 amide bonds. The second-order valence-electron chi connectivity index (χ2n) is 12.2. The largest absolute Gasteiger partial charge is 0.444 e. The molecule has 0 saturated heterocycles. The number of anilines is 1. The predicted octanol–water partition coefficient (Wildman–Crippen LogP) is 6.88. The Kier molecular flexibility index (Phi) is 9.12. The number of carbonyl (C=O) groups is 1. The van der Waals surface area contributed by atoms with Gasteiger partial charge in [0.2, 0.25) is 0 Å². The van der Waals surface area contributed by atoms with Crippen molar-refractivity contribution in [2.45, 2.75) is 77.7 Å². The van der Waals surface area contributed by atoms with Crippen molar-refractivity contribution in [3.05, 3.63) is 82.4 Å². The van der Waals surface area contributed by atoms with Crippen molar-refractivity contribution >= 4 is 40.4 Å². The van der Waals surface area contributed by atoms with Gasteiger partial charge in [0.15, 0.2) is 0 Å². The molecule has 44 heavy (non-hydrogen) atoms. The number of hydrogen-bond acceptors (Lipinski definition) is 6. The second kappa shape index (κ2) is 12.8. The van der Waals surface area contributed by atoms with Crippen LogP contribution in [0.3, 0.4) is 0 Å². The van der Waals surface area contributed by atoms with E-state index >= 15 is 0 Å². The number of hydrogen-bond donors (Lipinski definition) is 4. The van der Waals surface area contributed by atoms with Crippen LogP contribution in [-0.2, 0) is 11.3 Å². The van der Waals surface area contributed by atoms with Crippen LogP contribution in [0.5, 0.6) is 0 Å². The third-order valence-electron chi connectivity index (χ3n) is 7.65. The highest BCUT2D eigenvalue weighted by molar-refractivity contribution is 6.33. The normalized spacial score (nSPS) is 17.5. The van der Waals surface area contributed by atoms with E-state index < -0.39 is 17.5 Å². The van der Waals surface area contributed by atoms with Crippen LogP contribution in [0, 0.1) is 12.7 Å². The van der Waals surface area contributed by atoms with Gasteiger partial charge in [-0.15, -0.1) is 0 Å². The third-order valence-corrected chi connectivity index (χ3v) is 7.97. The molecule has 4 aromatic rings. The number of ether oxygens (including phenoxy) is 1. The molecule has 2 aromatic carbocycles. The van der Waals surface area contributed by atoms with Gasteiger partial charge in [-0.05, 0) is 94.3 Å². The number of aromatic nitrogens is 2. The van der Waals surface area contributed by atoms with E-state index in [1.807, 2.05) is 58.2 Å². The molecule has 11 heteroatoms. The summed E-state index contributed by atoms with van der Waals surface area (Å²) in [7, 11) is 0. The van der Waals surface area contributed by atoms with Crippen LogP contribution in [0.4, 0.5) is 20.6 Å². The van der Waals surface area contributed by atoms with Gasteiger partial charge in [-0.1, -0.05) is 23.7 Å². The van der Waals surface area contributed by atoms with Crippen LogP contribution >= 0.6 is 11.6 Å². The maximum atomic E-state index is 14.0. The Morgan fingerprint density at radius 2 is 1.89 bits per heavy atom. The first-order valence-electron chi connectivity index (χ1n) is 14.7. The number of nitrogens with one attached hydrogen (secondary N) is 2. The molecule has 0 unspecified atom stereocenters. The summed E-state index contributed by atoms with van der Waals surface area (Å²) in [5, 5.41) is 21.3. The van der Waals surface area contributed by atoms with Crippen molar-refractivity contribution in [1.82, 2.24) is 14.9 Å². The molecule has 2 heterocycles. The summed E-state index contributed by atoms with van der Waals surface area (Å²) >= 11 is 6.29. The van der Waals surface area contributed by atoms with Crippen molar-refractivity contribution in [3.63, 3.8) is 0 Å². The highest BCUT2D eigenvalue weighted by Crippen LogP contribution is 2.34. The lowest BCUT2D eigenvalue weighted by Gasteiger charge is -2.31. The van der Waals surface area contributed by atoms with Gasteiger partial charge in [-0.3, -0.25) is 0 Å². The van der Waals surface area contributed by atoms with E-state index in [9.17, 15) is 14.3 Å². The van der Waals surface area contributed by atoms with E-state index in [-0.39, 0.29) is 35.2 Å².